The fourth-order valence-electron chi connectivity index (χ4n) is 11.9. The number of aldehydes is 1. The van der Waals surface area contributed by atoms with Gasteiger partial charge in [-0.15, -0.1) is 91.2 Å². The van der Waals surface area contributed by atoms with Gasteiger partial charge in [0.05, 0.1) is 105 Å². The normalized spacial score (nSPS) is 13.5. The van der Waals surface area contributed by atoms with E-state index < -0.39 is 30.3 Å². The Labute approximate surface area is 687 Å². The number of thiocarbonyl (C=S) groups is 2. The molecule has 0 unspecified atom stereocenters. The third-order valence-corrected chi connectivity index (χ3v) is 38.4. The van der Waals surface area contributed by atoms with Crippen LogP contribution in [0.4, 0.5) is 19.8 Å². The molecule has 33 heteroatoms. The summed E-state index contributed by atoms with van der Waals surface area (Å²) in [5.74, 6) is 1.49. The number of hydrogen-bond acceptors (Lipinski definition) is 24. The van der Waals surface area contributed by atoms with E-state index in [1.165, 1.54) is 83.2 Å². The summed E-state index contributed by atoms with van der Waals surface area (Å²) in [6.45, 7) is 32.3. The van der Waals surface area contributed by atoms with E-state index in [1.54, 1.807) is 82.2 Å². The number of halogens is 2. The van der Waals surface area contributed by atoms with Crippen molar-refractivity contribution in [2.24, 2.45) is 5.73 Å². The number of nitrogens with zero attached hydrogens (tertiary/aromatic N) is 5. The van der Waals surface area contributed by atoms with Crippen molar-refractivity contribution in [2.75, 3.05) is 194 Å². The molecule has 9 heterocycles. The predicted octanol–water partition coefficient (Wildman–Crippen LogP) is 11.6. The number of ether oxygens (including phenoxy) is 7. The van der Waals surface area contributed by atoms with Gasteiger partial charge < -0.3 is 79.8 Å². The van der Waals surface area contributed by atoms with Gasteiger partial charge in [0.2, 0.25) is 5.70 Å². The summed E-state index contributed by atoms with van der Waals surface area (Å²) >= 11 is 32.4. The lowest BCUT2D eigenvalue weighted by atomic mass is 10.2. The highest BCUT2D eigenvalue weighted by molar-refractivity contribution is 7.81. The first-order valence-electron chi connectivity index (χ1n) is 36.4. The average Bonchev–Trinajstić information content (AvgIpc) is 1.60. The molecular weight excluding hydrogens is 1610 g/mol. The summed E-state index contributed by atoms with van der Waals surface area (Å²) in [7, 11) is 4.02. The predicted molar refractivity (Wildman–Crippen MR) is 476 cm³/mol. The number of hydrogen-bond donors (Lipinski definition) is 6. The van der Waals surface area contributed by atoms with E-state index in [1.807, 2.05) is 33.3 Å². The van der Waals surface area contributed by atoms with Gasteiger partial charge >= 0.3 is 6.09 Å². The number of methoxy groups -OCH3 is 2. The zero-order valence-corrected chi connectivity index (χ0v) is 75.4. The summed E-state index contributed by atoms with van der Waals surface area (Å²) < 4.78 is 37.1. The Hall–Kier alpha value is -4.35. The second kappa shape index (κ2) is 48.0. The molecule has 20 nitrogen and oxygen atoms in total. The van der Waals surface area contributed by atoms with Gasteiger partial charge in [0, 0.05) is 139 Å². The molecule has 0 saturated heterocycles. The number of nitriles is 1. The van der Waals surface area contributed by atoms with Crippen LogP contribution >= 0.6 is 116 Å². The Morgan fingerprint density at radius 2 is 0.917 bits per heavy atom. The van der Waals surface area contributed by atoms with Gasteiger partial charge in [-0.25, -0.2) is 9.64 Å². The van der Waals surface area contributed by atoms with Crippen LogP contribution < -0.4 is 67.5 Å². The Balaban J connectivity index is 0.000000246. The zero-order chi connectivity index (χ0) is 78.8. The maximum absolute atomic E-state index is 12.1. The fourth-order valence-corrected chi connectivity index (χ4v) is 33.9. The molecule has 6 aromatic rings. The number of carbonyl (C=O) groups is 2. The van der Waals surface area contributed by atoms with Crippen molar-refractivity contribution >= 4 is 221 Å². The molecule has 9 rings (SSSR count). The van der Waals surface area contributed by atoms with Crippen molar-refractivity contribution in [3.8, 4) is 35.3 Å². The highest BCUT2D eigenvalue weighted by Crippen LogP contribution is 2.45. The molecule has 594 valence electrons. The monoisotopic (exact) mass is 1720 g/mol. The molecule has 0 aliphatic carbocycles. The van der Waals surface area contributed by atoms with Crippen molar-refractivity contribution < 1.29 is 53.0 Å². The first-order valence-corrected chi connectivity index (χ1v) is 52.2. The van der Waals surface area contributed by atoms with Crippen molar-refractivity contribution in [3.63, 3.8) is 0 Å². The van der Waals surface area contributed by atoms with Crippen molar-refractivity contribution in [3.05, 3.63) is 73.7 Å². The quantitative estimate of drug-likeness (QED) is 0.00305. The van der Waals surface area contributed by atoms with Crippen LogP contribution in [0.5, 0.6) is 0 Å². The Morgan fingerprint density at radius 1 is 0.537 bits per heavy atom. The van der Waals surface area contributed by atoms with E-state index in [0.29, 0.717) is 120 Å². The van der Waals surface area contributed by atoms with Crippen molar-refractivity contribution in [2.45, 2.75) is 90.6 Å². The minimum absolute atomic E-state index is 0.150. The summed E-state index contributed by atoms with van der Waals surface area (Å²) in [5.41, 5.74) is 6.18. The third-order valence-electron chi connectivity index (χ3n) is 18.2. The molecule has 1 amide bonds. The lowest BCUT2D eigenvalue weighted by molar-refractivity contribution is 0.0469. The number of aliphatic hydroxyl groups excluding tert-OH is 2. The number of fused-ring (bicyclic) bond motifs is 9. The topological polar surface area (TPSA) is 239 Å². The largest absolute Gasteiger partial charge is 0.448 e. The van der Waals surface area contributed by atoms with Crippen LogP contribution in [0.15, 0.2) is 47.7 Å². The number of amides is 1. The Morgan fingerprint density at radius 3 is 1.33 bits per heavy atom. The number of thiophene rings is 6. The van der Waals surface area contributed by atoms with Gasteiger partial charge in [-0.2, -0.15) is 5.26 Å². The first-order chi connectivity index (χ1) is 51.9. The number of carbonyl (C=O) groups excluding carboxylic acids is 2. The van der Waals surface area contributed by atoms with E-state index in [-0.39, 0.29) is 19.8 Å². The minimum atomic E-state index is -1.89. The number of rotatable bonds is 44. The van der Waals surface area contributed by atoms with Crippen molar-refractivity contribution in [1.29, 1.82) is 5.26 Å². The van der Waals surface area contributed by atoms with Crippen LogP contribution in [0, 0.1) is 17.9 Å². The van der Waals surface area contributed by atoms with Gasteiger partial charge in [-0.3, -0.25) is 4.79 Å². The molecule has 0 atom stereocenters. The third kappa shape index (κ3) is 26.6. The average molecular weight is 1720 g/mol. The van der Waals surface area contributed by atoms with Gasteiger partial charge in [0.1, 0.15) is 46.9 Å². The molecule has 3 aliphatic heterocycles. The standard InChI is InChI=1S/C31H45ClN4O5S3Si.C20H25N3O2S3Si.C14H17NO2S2Si.C10H22ClNO2/c1-36(12-16-41-31(37)35-11-15-40-18-17-39-13-8-6-5-7-9-32)27-21-26-29(44-27)28-25(45(26,3)4)20-24(43-28)19-23(22-33)30(42)34-10-14-38-2;1-21-14(20(26)22-6-9-25-3)10-13-11-15-18(27-13)19-16(29(15,4)5)12-17(28-19)23(2)7-8-24;1-15(4-5-16)12-7-11-14(19-12)13-10(20(11,2)3)6-9(8-17)18-13;11-5-3-1-2-4-7-13-9-10-14-8-6-12/h19-21H,5-18H2,1-4H3,(H,34,42)(H,35,37);10-12,24H,6-9H2,2-5H3,(H,22,26);6-8,16H,4-5H2,1-3H3;1-10,12H2/b23-19+;14-10-;;. The van der Waals surface area contributed by atoms with Crippen LogP contribution in [-0.4, -0.2) is 236 Å². The second-order valence-corrected chi connectivity index (χ2v) is 48.1. The number of nitrogens with one attached hydrogen (secondary N) is 3. The summed E-state index contributed by atoms with van der Waals surface area (Å²) in [4.78, 5) is 44.9. The van der Waals surface area contributed by atoms with E-state index in [2.05, 4.69) is 117 Å². The summed E-state index contributed by atoms with van der Waals surface area (Å²) in [6.07, 6.45) is 13.3. The first kappa shape index (κ1) is 92.5. The molecule has 0 bridgehead atoms. The lowest BCUT2D eigenvalue weighted by Crippen LogP contribution is -2.48. The van der Waals surface area contributed by atoms with Crippen LogP contribution in [0.3, 0.4) is 0 Å². The maximum Gasteiger partial charge on any atom is 0.407 e. The minimum Gasteiger partial charge on any atom is -0.448 e. The number of aliphatic hydroxyl groups is 2. The molecule has 0 aromatic carbocycles. The van der Waals surface area contributed by atoms with E-state index in [9.17, 15) is 20.0 Å². The van der Waals surface area contributed by atoms with Gasteiger partial charge in [-0.05, 0) is 105 Å². The highest BCUT2D eigenvalue weighted by Gasteiger charge is 2.44. The zero-order valence-electron chi connectivity index (χ0n) is 64.3. The van der Waals surface area contributed by atoms with E-state index in [0.717, 1.165) is 89.4 Å². The smallest absolute Gasteiger partial charge is 0.407 e. The molecule has 0 spiro atoms. The van der Waals surface area contributed by atoms with Crippen LogP contribution in [0.25, 0.3) is 46.3 Å². The number of nitrogens with two attached hydrogens (primary N) is 1. The number of alkyl halides is 2. The van der Waals surface area contributed by atoms with Gasteiger partial charge in [0.25, 0.3) is 0 Å². The molecule has 3 aliphatic rings. The number of alkyl carbamates (subject to hydrolysis) is 1. The van der Waals surface area contributed by atoms with Crippen molar-refractivity contribution in [1.82, 2.24) is 16.0 Å². The maximum atomic E-state index is 12.1. The SMILES string of the molecule is CN(CCO)c1cc2c(s1)-c1sc(C=O)cc1[Si]2(C)C.COCCNC(=S)/C(C#N)=C/c1cc2c(s1)-c1sc(N(C)CCOC(=O)NCCOCCOCCCCCCCl)cc1[Si]2(C)C.NCCOCCOCCCCCCCl.[C-]#[N+]/C(=C\c1cc2c(s1)-c1sc(N(C)CCO)cc1[Si]2(C)C)C(=S)NCCOC. The van der Waals surface area contributed by atoms with E-state index >= 15 is 0 Å². The summed E-state index contributed by atoms with van der Waals surface area (Å²) in [5, 5.41) is 49.1. The number of anilines is 3. The van der Waals surface area contributed by atoms with Crippen LogP contribution in [0.2, 0.25) is 39.3 Å². The molecule has 0 fully saturated rings. The Bertz CT molecular complexity index is 3960. The lowest BCUT2D eigenvalue weighted by Gasteiger charge is -2.19. The molecule has 108 heavy (non-hydrogen) atoms. The van der Waals surface area contributed by atoms with Gasteiger partial charge in [0.15, 0.2) is 6.29 Å². The molecule has 6 aromatic heterocycles. The van der Waals surface area contributed by atoms with E-state index in [4.69, 9.17) is 98.2 Å². The number of unbranched alkanes of at least 4 members (excludes halogenated alkanes) is 6. The van der Waals surface area contributed by atoms with Crippen LogP contribution in [0.1, 0.15) is 70.8 Å². The molecule has 7 N–H and O–H groups in total. The Kier molecular flexibility index (Phi) is 41.1. The molecular formula is C75H109Cl2N9O11S8Si3. The van der Waals surface area contributed by atoms with Gasteiger partial charge in [-0.1, -0.05) is 89.4 Å². The number of likely N-dealkylation sites (N-methyl/N-ethyl adjacent to an activating group) is 3. The summed E-state index contributed by atoms with van der Waals surface area (Å²) in [6, 6.07) is 15.7. The molecule has 0 radical (unpaired) electrons. The second-order valence-electron chi connectivity index (χ2n) is 27.2. The fraction of sp³-hybridized carbons (Fsp3) is 0.547. The molecule has 0 saturated carbocycles. The highest BCUT2D eigenvalue weighted by atomic mass is 35.5. The van der Waals surface area contributed by atoms with Crippen LogP contribution in [-0.2, 0) is 33.2 Å².